The molecule has 0 aliphatic rings. The molecule has 2 rings (SSSR count). The van der Waals surface area contributed by atoms with Gasteiger partial charge < -0.3 is 9.64 Å². The third kappa shape index (κ3) is 5.73. The molecule has 0 fully saturated rings. The Labute approximate surface area is 174 Å². The molecule has 0 spiro atoms. The molecule has 14 heteroatoms. The summed E-state index contributed by atoms with van der Waals surface area (Å²) in [5.74, 6) is -1.38. The number of tetrazole rings is 1. The number of carbonyl (C=O) groups is 3. The van der Waals surface area contributed by atoms with Crippen LogP contribution in [-0.2, 0) is 16.6 Å². The van der Waals surface area contributed by atoms with E-state index in [1.807, 2.05) is 5.32 Å². The summed E-state index contributed by atoms with van der Waals surface area (Å²) >= 11 is 1.04. The molecule has 1 heterocycles. The lowest BCUT2D eigenvalue weighted by molar-refractivity contribution is -0.384. The summed E-state index contributed by atoms with van der Waals surface area (Å²) in [6.45, 7) is 2.98. The van der Waals surface area contributed by atoms with E-state index in [4.69, 9.17) is 0 Å². The first kappa shape index (κ1) is 22.7. The first-order valence-electron chi connectivity index (χ1n) is 8.71. The summed E-state index contributed by atoms with van der Waals surface area (Å²) in [6.07, 6.45) is -0.924. The van der Waals surface area contributed by atoms with Crippen molar-refractivity contribution in [2.45, 2.75) is 23.9 Å². The number of non-ortho nitro benzene ring substituents is 1. The second-order valence-corrected chi connectivity index (χ2v) is 6.72. The Morgan fingerprint density at radius 1 is 1.33 bits per heavy atom. The van der Waals surface area contributed by atoms with Gasteiger partial charge in [-0.15, -0.1) is 5.10 Å². The number of aromatic nitrogens is 4. The predicted molar refractivity (Wildman–Crippen MR) is 103 cm³/mol. The van der Waals surface area contributed by atoms with Crippen molar-refractivity contribution in [3.8, 4) is 0 Å². The minimum absolute atomic E-state index is 0.00276. The summed E-state index contributed by atoms with van der Waals surface area (Å²) < 4.78 is 6.01. The summed E-state index contributed by atoms with van der Waals surface area (Å²) in [4.78, 5) is 48.6. The molecule has 0 aliphatic heterocycles. The maximum absolute atomic E-state index is 13.1. The Balaban J connectivity index is 2.30. The summed E-state index contributed by atoms with van der Waals surface area (Å²) in [6, 6.07) is 3.80. The zero-order valence-corrected chi connectivity index (χ0v) is 17.2. The fourth-order valence-electron chi connectivity index (χ4n) is 2.29. The van der Waals surface area contributed by atoms with Gasteiger partial charge in [0.2, 0.25) is 11.1 Å². The van der Waals surface area contributed by atoms with Crippen LogP contribution in [0.5, 0.6) is 0 Å². The molecule has 30 heavy (non-hydrogen) atoms. The van der Waals surface area contributed by atoms with Crippen LogP contribution in [0.4, 0.5) is 10.5 Å². The standard InChI is InChI=1S/C16H19N7O6S/c1-4-22(9-13(24)17-16(26)29-5-2)14(25)11-8-10(23(27)28)6-7-12(11)30-15-18-19-20-21(15)3/h6-8H,4-5,9H2,1-3H3,(H,17,24,26). The fourth-order valence-corrected chi connectivity index (χ4v) is 3.12. The number of rotatable bonds is 8. The number of benzene rings is 1. The topological polar surface area (TPSA) is 162 Å². The first-order valence-corrected chi connectivity index (χ1v) is 9.52. The van der Waals surface area contributed by atoms with Crippen molar-refractivity contribution in [2.24, 2.45) is 7.05 Å². The van der Waals surface area contributed by atoms with E-state index in [1.165, 1.54) is 16.8 Å². The van der Waals surface area contributed by atoms with Gasteiger partial charge in [0, 0.05) is 30.6 Å². The Bertz CT molecular complexity index is 963. The van der Waals surface area contributed by atoms with Crippen LogP contribution in [0, 0.1) is 10.1 Å². The van der Waals surface area contributed by atoms with Gasteiger partial charge in [-0.05, 0) is 42.1 Å². The molecular formula is C16H19N7O6S. The molecule has 3 amide bonds. The number of alkyl carbamates (subject to hydrolysis) is 1. The van der Waals surface area contributed by atoms with E-state index in [0.29, 0.717) is 10.1 Å². The van der Waals surface area contributed by atoms with Gasteiger partial charge in [-0.1, -0.05) is 0 Å². The first-order chi connectivity index (χ1) is 14.3. The molecular weight excluding hydrogens is 418 g/mol. The Hall–Kier alpha value is -3.55. The minimum Gasteiger partial charge on any atom is -0.450 e. The molecule has 0 saturated heterocycles. The van der Waals surface area contributed by atoms with Crippen LogP contribution in [-0.4, -0.2) is 67.6 Å². The number of hydrogen-bond donors (Lipinski definition) is 1. The van der Waals surface area contributed by atoms with Gasteiger partial charge in [0.1, 0.15) is 6.54 Å². The van der Waals surface area contributed by atoms with Gasteiger partial charge in [-0.25, -0.2) is 9.48 Å². The average Bonchev–Trinajstić information content (AvgIpc) is 3.10. The number of aryl methyl sites for hydroxylation is 1. The molecule has 1 N–H and O–H groups in total. The third-order valence-electron chi connectivity index (χ3n) is 3.71. The zero-order valence-electron chi connectivity index (χ0n) is 16.4. The molecule has 160 valence electrons. The highest BCUT2D eigenvalue weighted by Gasteiger charge is 2.24. The van der Waals surface area contributed by atoms with Gasteiger partial charge in [0.15, 0.2) is 0 Å². The Morgan fingerprint density at radius 2 is 2.07 bits per heavy atom. The van der Waals surface area contributed by atoms with E-state index >= 15 is 0 Å². The van der Waals surface area contributed by atoms with Crippen LogP contribution >= 0.6 is 11.8 Å². The van der Waals surface area contributed by atoms with E-state index in [2.05, 4.69) is 20.3 Å². The number of ether oxygens (including phenoxy) is 1. The highest BCUT2D eigenvalue weighted by molar-refractivity contribution is 7.99. The zero-order chi connectivity index (χ0) is 22.3. The van der Waals surface area contributed by atoms with E-state index in [0.717, 1.165) is 22.7 Å². The van der Waals surface area contributed by atoms with E-state index in [1.54, 1.807) is 20.9 Å². The van der Waals surface area contributed by atoms with Gasteiger partial charge >= 0.3 is 6.09 Å². The second-order valence-electron chi connectivity index (χ2n) is 5.71. The number of likely N-dealkylation sites (N-methyl/N-ethyl adjacent to an activating group) is 1. The number of carbonyl (C=O) groups excluding carboxylic acids is 3. The predicted octanol–water partition coefficient (Wildman–Crippen LogP) is 1.00. The molecule has 2 aromatic rings. The molecule has 1 aromatic carbocycles. The molecule has 13 nitrogen and oxygen atoms in total. The van der Waals surface area contributed by atoms with Crippen molar-refractivity contribution in [1.82, 2.24) is 30.4 Å². The van der Waals surface area contributed by atoms with Gasteiger partial charge in [0.25, 0.3) is 11.6 Å². The normalized spacial score (nSPS) is 10.4. The van der Waals surface area contributed by atoms with Crippen molar-refractivity contribution < 1.29 is 24.0 Å². The van der Waals surface area contributed by atoms with Gasteiger partial charge in [0.05, 0.1) is 17.1 Å². The highest BCUT2D eigenvalue weighted by Crippen LogP contribution is 2.31. The van der Waals surface area contributed by atoms with Crippen LogP contribution in [0.2, 0.25) is 0 Å². The lowest BCUT2D eigenvalue weighted by Crippen LogP contribution is -2.42. The smallest absolute Gasteiger partial charge is 0.413 e. The minimum atomic E-state index is -0.924. The number of nitrogens with zero attached hydrogens (tertiary/aromatic N) is 6. The Morgan fingerprint density at radius 3 is 2.63 bits per heavy atom. The summed E-state index contributed by atoms with van der Waals surface area (Å²) in [5.41, 5.74) is -0.284. The largest absolute Gasteiger partial charge is 0.450 e. The maximum Gasteiger partial charge on any atom is 0.413 e. The number of hydrogen-bond acceptors (Lipinski definition) is 10. The molecule has 0 unspecified atom stereocenters. The van der Waals surface area contributed by atoms with Crippen molar-refractivity contribution in [3.05, 3.63) is 33.9 Å². The van der Waals surface area contributed by atoms with Crippen molar-refractivity contribution in [1.29, 1.82) is 0 Å². The quantitative estimate of drug-likeness (QED) is 0.465. The van der Waals surface area contributed by atoms with Crippen molar-refractivity contribution >= 4 is 35.4 Å². The average molecular weight is 437 g/mol. The monoisotopic (exact) mass is 437 g/mol. The lowest BCUT2D eigenvalue weighted by Gasteiger charge is -2.21. The molecule has 0 saturated carbocycles. The van der Waals surface area contributed by atoms with Crippen LogP contribution in [0.1, 0.15) is 24.2 Å². The van der Waals surface area contributed by atoms with Crippen LogP contribution in [0.15, 0.2) is 28.3 Å². The van der Waals surface area contributed by atoms with Crippen LogP contribution in [0.3, 0.4) is 0 Å². The summed E-state index contributed by atoms with van der Waals surface area (Å²) in [7, 11) is 1.60. The third-order valence-corrected chi connectivity index (χ3v) is 4.81. The SMILES string of the molecule is CCOC(=O)NC(=O)CN(CC)C(=O)c1cc([N+](=O)[O-])ccc1Sc1nnnn1C. The molecule has 0 radical (unpaired) electrons. The van der Waals surface area contributed by atoms with E-state index in [-0.39, 0.29) is 24.4 Å². The number of nitrogens with one attached hydrogen (secondary N) is 1. The van der Waals surface area contributed by atoms with Gasteiger partial charge in [-0.2, -0.15) is 0 Å². The summed E-state index contributed by atoms with van der Waals surface area (Å²) in [5, 5.41) is 24.6. The number of nitro benzene ring substituents is 1. The van der Waals surface area contributed by atoms with Gasteiger partial charge in [-0.3, -0.25) is 25.0 Å². The lowest BCUT2D eigenvalue weighted by atomic mass is 10.1. The molecule has 0 atom stereocenters. The number of imide groups is 1. The number of nitro groups is 1. The number of amides is 3. The van der Waals surface area contributed by atoms with Crippen molar-refractivity contribution in [3.63, 3.8) is 0 Å². The highest BCUT2D eigenvalue weighted by atomic mass is 32.2. The van der Waals surface area contributed by atoms with Crippen LogP contribution < -0.4 is 5.32 Å². The maximum atomic E-state index is 13.1. The van der Waals surface area contributed by atoms with E-state index < -0.39 is 29.4 Å². The Kier molecular flexibility index (Phi) is 7.80. The molecule has 0 bridgehead atoms. The van der Waals surface area contributed by atoms with Crippen LogP contribution in [0.25, 0.3) is 0 Å². The van der Waals surface area contributed by atoms with E-state index in [9.17, 15) is 24.5 Å². The van der Waals surface area contributed by atoms with Crippen molar-refractivity contribution in [2.75, 3.05) is 19.7 Å². The molecule has 1 aromatic heterocycles. The fraction of sp³-hybridized carbons (Fsp3) is 0.375. The molecule has 0 aliphatic carbocycles. The second kappa shape index (κ2) is 10.3.